The minimum absolute atomic E-state index is 0.0307. The molecule has 0 fully saturated rings. The van der Waals surface area contributed by atoms with E-state index in [1.54, 1.807) is 6.92 Å². The van der Waals surface area contributed by atoms with Gasteiger partial charge in [-0.15, -0.1) is 0 Å². The summed E-state index contributed by atoms with van der Waals surface area (Å²) >= 11 is 0.959. The molecule has 4 N–H and O–H groups in total. The summed E-state index contributed by atoms with van der Waals surface area (Å²) in [6.45, 7) is 1.83. The van der Waals surface area contributed by atoms with Gasteiger partial charge < -0.3 is 16.2 Å². The molecule has 1 atom stereocenters. The van der Waals surface area contributed by atoms with E-state index in [0.717, 1.165) is 15.8 Å². The number of hydrogen-bond acceptors (Lipinski definition) is 7. The average molecular weight is 280 g/mol. The Bertz CT molecular complexity index is 481. The second-order valence-electron chi connectivity index (χ2n) is 3.74. The molecule has 0 amide bonds. The average Bonchev–Trinajstić information content (AvgIpc) is 2.56. The van der Waals surface area contributed by atoms with Crippen LogP contribution in [0.2, 0.25) is 0 Å². The number of sulfonamides is 1. The minimum Gasteiger partial charge on any atom is -0.392 e. The third kappa shape index (κ3) is 3.06. The number of aromatic nitrogens is 1. The van der Waals surface area contributed by atoms with E-state index in [2.05, 4.69) is 9.69 Å². The van der Waals surface area contributed by atoms with Gasteiger partial charge in [0.2, 0.25) is 10.0 Å². The molecule has 1 aromatic rings. The first-order valence-corrected chi connectivity index (χ1v) is 7.07. The number of hydrogen-bond donors (Lipinski definition) is 3. The number of nitrogens with two attached hydrogens (primary N) is 1. The topological polar surface area (TPSA) is 109 Å². The zero-order valence-corrected chi connectivity index (χ0v) is 11.5. The largest absolute Gasteiger partial charge is 0.392 e. The van der Waals surface area contributed by atoms with Gasteiger partial charge in [-0.2, -0.15) is 4.37 Å². The molecule has 9 heteroatoms. The van der Waals surface area contributed by atoms with E-state index in [1.165, 1.54) is 14.1 Å². The zero-order valence-electron chi connectivity index (χ0n) is 9.84. The van der Waals surface area contributed by atoms with Crippen LogP contribution in [0.5, 0.6) is 0 Å². The summed E-state index contributed by atoms with van der Waals surface area (Å²) in [7, 11) is -0.788. The van der Waals surface area contributed by atoms with Crippen LogP contribution in [0.4, 0.5) is 10.8 Å². The maximum atomic E-state index is 12.0. The van der Waals surface area contributed by atoms with Gasteiger partial charge in [-0.25, -0.2) is 12.7 Å². The summed E-state index contributed by atoms with van der Waals surface area (Å²) in [4.78, 5) is -0.0341. The van der Waals surface area contributed by atoms with Gasteiger partial charge in [0.25, 0.3) is 0 Å². The molecule has 0 saturated carbocycles. The lowest BCUT2D eigenvalue weighted by molar-refractivity contribution is 0.208. The Morgan fingerprint density at radius 3 is 2.65 bits per heavy atom. The number of nitrogens with zero attached hydrogens (tertiary/aromatic N) is 2. The second-order valence-corrected chi connectivity index (χ2v) is 6.61. The van der Waals surface area contributed by atoms with E-state index >= 15 is 0 Å². The molecule has 17 heavy (non-hydrogen) atoms. The minimum atomic E-state index is -3.63. The summed E-state index contributed by atoms with van der Waals surface area (Å²) in [5, 5.41) is 12.3. The third-order valence-electron chi connectivity index (χ3n) is 1.97. The first-order valence-electron chi connectivity index (χ1n) is 4.86. The van der Waals surface area contributed by atoms with Crippen molar-refractivity contribution in [3.8, 4) is 0 Å². The molecule has 0 spiro atoms. The van der Waals surface area contributed by atoms with E-state index in [-0.39, 0.29) is 17.3 Å². The number of aliphatic hydroxyl groups is 1. The molecule has 0 aliphatic rings. The van der Waals surface area contributed by atoms with Crippen molar-refractivity contribution in [3.05, 3.63) is 0 Å². The molecule has 0 aliphatic heterocycles. The lowest BCUT2D eigenvalue weighted by atomic mass is 10.4. The maximum absolute atomic E-state index is 12.0. The Labute approximate surface area is 104 Å². The van der Waals surface area contributed by atoms with Crippen LogP contribution in [0.15, 0.2) is 4.90 Å². The van der Waals surface area contributed by atoms with Crippen molar-refractivity contribution in [2.24, 2.45) is 0 Å². The highest BCUT2D eigenvalue weighted by atomic mass is 32.2. The normalized spacial score (nSPS) is 13.9. The molecule has 0 radical (unpaired) electrons. The van der Waals surface area contributed by atoms with Crippen molar-refractivity contribution in [2.45, 2.75) is 17.9 Å². The van der Waals surface area contributed by atoms with Crippen LogP contribution in [0.25, 0.3) is 0 Å². The Morgan fingerprint density at radius 2 is 2.18 bits per heavy atom. The van der Waals surface area contributed by atoms with Gasteiger partial charge in [0.05, 0.1) is 6.10 Å². The van der Waals surface area contributed by atoms with Crippen molar-refractivity contribution < 1.29 is 13.5 Å². The van der Waals surface area contributed by atoms with Gasteiger partial charge in [0, 0.05) is 20.6 Å². The Morgan fingerprint density at radius 1 is 1.59 bits per heavy atom. The van der Waals surface area contributed by atoms with E-state index in [1.807, 2.05) is 0 Å². The lowest BCUT2D eigenvalue weighted by Gasteiger charge is -2.13. The van der Waals surface area contributed by atoms with Crippen molar-refractivity contribution >= 4 is 32.4 Å². The van der Waals surface area contributed by atoms with Gasteiger partial charge in [-0.05, 0) is 18.5 Å². The fourth-order valence-corrected chi connectivity index (χ4v) is 3.16. The first-order chi connectivity index (χ1) is 7.76. The lowest BCUT2D eigenvalue weighted by Crippen LogP contribution is -2.24. The number of nitrogens with one attached hydrogen (secondary N) is 1. The Balaban J connectivity index is 3.11. The highest BCUT2D eigenvalue weighted by Crippen LogP contribution is 2.32. The number of nitrogen functional groups attached to an aromatic ring is 1. The summed E-state index contributed by atoms with van der Waals surface area (Å²) in [5.74, 6) is -0.0307. The molecule has 0 aliphatic carbocycles. The van der Waals surface area contributed by atoms with E-state index in [4.69, 9.17) is 10.8 Å². The predicted octanol–water partition coefficient (Wildman–Crippen LogP) is -0.232. The summed E-state index contributed by atoms with van der Waals surface area (Å²) < 4.78 is 28.9. The van der Waals surface area contributed by atoms with Crippen LogP contribution in [0, 0.1) is 0 Å². The Hall–Kier alpha value is -0.900. The second kappa shape index (κ2) is 5.17. The SMILES string of the molecule is CC(O)CNc1snc(N)c1S(=O)(=O)N(C)C. The van der Waals surface area contributed by atoms with Crippen LogP contribution in [-0.4, -0.2) is 48.9 Å². The molecule has 1 unspecified atom stereocenters. The molecule has 1 heterocycles. The highest BCUT2D eigenvalue weighted by molar-refractivity contribution is 7.89. The van der Waals surface area contributed by atoms with Crippen molar-refractivity contribution in [3.63, 3.8) is 0 Å². The Kier molecular flexibility index (Phi) is 4.31. The van der Waals surface area contributed by atoms with E-state index < -0.39 is 16.1 Å². The molecule has 0 aromatic carbocycles. The van der Waals surface area contributed by atoms with Crippen molar-refractivity contribution in [1.82, 2.24) is 8.68 Å². The zero-order chi connectivity index (χ0) is 13.2. The molecular weight excluding hydrogens is 264 g/mol. The fourth-order valence-electron chi connectivity index (χ4n) is 1.08. The van der Waals surface area contributed by atoms with Gasteiger partial charge in [-0.1, -0.05) is 0 Å². The smallest absolute Gasteiger partial charge is 0.249 e. The van der Waals surface area contributed by atoms with Crippen LogP contribution in [-0.2, 0) is 10.0 Å². The summed E-state index contributed by atoms with van der Waals surface area (Å²) in [6.07, 6.45) is -0.590. The molecule has 1 rings (SSSR count). The molecule has 7 nitrogen and oxygen atoms in total. The van der Waals surface area contributed by atoms with Crippen molar-refractivity contribution in [2.75, 3.05) is 31.7 Å². The summed E-state index contributed by atoms with van der Waals surface area (Å²) in [6, 6.07) is 0. The van der Waals surface area contributed by atoms with E-state index in [0.29, 0.717) is 5.00 Å². The monoisotopic (exact) mass is 280 g/mol. The molecule has 1 aromatic heterocycles. The van der Waals surface area contributed by atoms with Crippen LogP contribution >= 0.6 is 11.5 Å². The summed E-state index contributed by atoms with van der Waals surface area (Å²) in [5.41, 5.74) is 5.56. The predicted molar refractivity (Wildman–Crippen MR) is 67.6 cm³/mol. The van der Waals surface area contributed by atoms with Gasteiger partial charge in [-0.3, -0.25) is 0 Å². The molecule has 0 saturated heterocycles. The molecule has 98 valence electrons. The highest BCUT2D eigenvalue weighted by Gasteiger charge is 2.27. The molecular formula is C8H16N4O3S2. The quantitative estimate of drug-likeness (QED) is 0.687. The number of aliphatic hydroxyl groups excluding tert-OH is 1. The van der Waals surface area contributed by atoms with Crippen LogP contribution < -0.4 is 11.1 Å². The van der Waals surface area contributed by atoms with Crippen molar-refractivity contribution in [1.29, 1.82) is 0 Å². The van der Waals surface area contributed by atoms with Crippen LogP contribution in [0.1, 0.15) is 6.92 Å². The van der Waals surface area contributed by atoms with E-state index in [9.17, 15) is 8.42 Å². The number of anilines is 2. The fraction of sp³-hybridized carbons (Fsp3) is 0.625. The standard InChI is InChI=1S/C8H16N4O3S2/c1-5(13)4-10-8-6(7(9)11-16-8)17(14,15)12(2)3/h5,10,13H,4H2,1-3H3,(H2,9,11). The van der Waals surface area contributed by atoms with Gasteiger partial charge in [0.15, 0.2) is 10.7 Å². The van der Waals surface area contributed by atoms with Crippen LogP contribution in [0.3, 0.4) is 0 Å². The third-order valence-corrected chi connectivity index (χ3v) is 4.81. The van der Waals surface area contributed by atoms with Gasteiger partial charge >= 0.3 is 0 Å². The molecule has 0 bridgehead atoms. The maximum Gasteiger partial charge on any atom is 0.249 e. The first kappa shape index (κ1) is 14.2. The number of rotatable bonds is 5. The van der Waals surface area contributed by atoms with Gasteiger partial charge in [0.1, 0.15) is 5.00 Å².